The Balaban J connectivity index is 0.00000364. The summed E-state index contributed by atoms with van der Waals surface area (Å²) in [4.78, 5) is 4.61. The van der Waals surface area contributed by atoms with E-state index in [-0.39, 0.29) is 29.6 Å². The molecule has 27 heavy (non-hydrogen) atoms. The molecule has 1 fully saturated rings. The van der Waals surface area contributed by atoms with Gasteiger partial charge < -0.3 is 30.0 Å². The first-order valence-electron chi connectivity index (χ1n) is 9.07. The van der Waals surface area contributed by atoms with Gasteiger partial charge in [0.05, 0.1) is 32.5 Å². The molecule has 1 aliphatic heterocycles. The zero-order valence-corrected chi connectivity index (χ0v) is 18.9. The number of methoxy groups -OCH3 is 2. The second-order valence-corrected chi connectivity index (χ2v) is 6.64. The minimum absolute atomic E-state index is 0. The highest BCUT2D eigenvalue weighted by molar-refractivity contribution is 14.0. The summed E-state index contributed by atoms with van der Waals surface area (Å²) in [5, 5.41) is 16.9. The molecule has 154 valence electrons. The van der Waals surface area contributed by atoms with Crippen molar-refractivity contribution in [2.45, 2.75) is 38.4 Å². The molecule has 1 saturated heterocycles. The van der Waals surface area contributed by atoms with Crippen molar-refractivity contribution in [1.82, 2.24) is 10.6 Å². The van der Waals surface area contributed by atoms with E-state index in [4.69, 9.17) is 14.2 Å². The first-order valence-corrected chi connectivity index (χ1v) is 9.07. The van der Waals surface area contributed by atoms with Gasteiger partial charge in [-0.25, -0.2) is 0 Å². The number of nitrogens with one attached hydrogen (secondary N) is 2. The molecule has 2 atom stereocenters. The van der Waals surface area contributed by atoms with E-state index in [0.717, 1.165) is 31.6 Å². The number of halogens is 1. The highest BCUT2D eigenvalue weighted by Gasteiger charge is 2.29. The van der Waals surface area contributed by atoms with Crippen LogP contribution < -0.4 is 20.1 Å². The Hall–Kier alpha value is -1.26. The Morgan fingerprint density at radius 2 is 1.93 bits per heavy atom. The highest BCUT2D eigenvalue weighted by Crippen LogP contribution is 2.26. The predicted molar refractivity (Wildman–Crippen MR) is 117 cm³/mol. The van der Waals surface area contributed by atoms with Crippen LogP contribution >= 0.6 is 24.0 Å². The van der Waals surface area contributed by atoms with Gasteiger partial charge in [-0.05, 0) is 44.4 Å². The lowest BCUT2D eigenvalue weighted by Crippen LogP contribution is -2.41. The molecule has 0 bridgehead atoms. The van der Waals surface area contributed by atoms with E-state index in [9.17, 15) is 5.11 Å². The minimum Gasteiger partial charge on any atom is -0.497 e. The van der Waals surface area contributed by atoms with Gasteiger partial charge >= 0.3 is 0 Å². The maximum Gasteiger partial charge on any atom is 0.191 e. The molecule has 1 aromatic rings. The first kappa shape index (κ1) is 23.8. The van der Waals surface area contributed by atoms with Crippen molar-refractivity contribution in [3.8, 4) is 11.5 Å². The summed E-state index contributed by atoms with van der Waals surface area (Å²) in [6.07, 6.45) is 1.37. The molecule has 8 heteroatoms. The third-order valence-corrected chi connectivity index (χ3v) is 4.44. The summed E-state index contributed by atoms with van der Waals surface area (Å²) < 4.78 is 16.3. The zero-order valence-electron chi connectivity index (χ0n) is 16.6. The van der Waals surface area contributed by atoms with Gasteiger partial charge in [0.25, 0.3) is 0 Å². The van der Waals surface area contributed by atoms with Gasteiger partial charge in [0, 0.05) is 25.8 Å². The van der Waals surface area contributed by atoms with Crippen LogP contribution in [0.25, 0.3) is 0 Å². The third-order valence-electron chi connectivity index (χ3n) is 4.44. The smallest absolute Gasteiger partial charge is 0.191 e. The number of nitrogens with zero attached hydrogens (tertiary/aromatic N) is 1. The molecule has 0 aromatic heterocycles. The molecule has 2 rings (SSSR count). The monoisotopic (exact) mass is 493 g/mol. The van der Waals surface area contributed by atoms with Crippen LogP contribution in [0.2, 0.25) is 0 Å². The van der Waals surface area contributed by atoms with Crippen molar-refractivity contribution in [2.24, 2.45) is 4.99 Å². The van der Waals surface area contributed by atoms with E-state index >= 15 is 0 Å². The number of rotatable bonds is 8. The van der Waals surface area contributed by atoms with Crippen molar-refractivity contribution in [1.29, 1.82) is 0 Å². The third kappa shape index (κ3) is 7.34. The molecular weight excluding hydrogens is 461 g/mol. The summed E-state index contributed by atoms with van der Waals surface area (Å²) in [5.74, 6) is 1.95. The number of aliphatic imine (C=N–C) groups is 1. The number of aliphatic hydroxyl groups is 1. The van der Waals surface area contributed by atoms with Gasteiger partial charge in [-0.2, -0.15) is 0 Å². The van der Waals surface area contributed by atoms with Crippen LogP contribution in [0.5, 0.6) is 11.5 Å². The van der Waals surface area contributed by atoms with Gasteiger partial charge in [-0.3, -0.25) is 4.99 Å². The molecule has 7 nitrogen and oxygen atoms in total. The van der Waals surface area contributed by atoms with Crippen LogP contribution in [-0.4, -0.2) is 57.1 Å². The molecule has 0 radical (unpaired) electrons. The standard InChI is InChI=1S/C19H31N3O4.HI/c1-5-20-18(22-13-19(2)7-6-8-26-19)21-12-17(23)14-9-15(24-3)11-16(10-14)25-4;/h9-11,17,23H,5-8,12-13H2,1-4H3,(H2,20,21,22);1H. The van der Waals surface area contributed by atoms with Crippen molar-refractivity contribution in [2.75, 3.05) is 40.5 Å². The SMILES string of the molecule is CCNC(=NCC1(C)CCCO1)NCC(O)c1cc(OC)cc(OC)c1.I. The molecule has 0 spiro atoms. The Labute approximate surface area is 178 Å². The predicted octanol–water partition coefficient (Wildman–Crippen LogP) is 2.48. The first-order chi connectivity index (χ1) is 12.5. The van der Waals surface area contributed by atoms with E-state index in [1.807, 2.05) is 6.92 Å². The number of hydrogen-bond acceptors (Lipinski definition) is 5. The molecule has 1 heterocycles. The molecule has 0 saturated carbocycles. The Bertz CT molecular complexity index is 584. The van der Waals surface area contributed by atoms with Gasteiger partial charge in [-0.1, -0.05) is 0 Å². The lowest BCUT2D eigenvalue weighted by atomic mass is 10.0. The fraction of sp³-hybridized carbons (Fsp3) is 0.632. The Morgan fingerprint density at radius 3 is 2.44 bits per heavy atom. The van der Waals surface area contributed by atoms with E-state index in [0.29, 0.717) is 30.5 Å². The number of guanidine groups is 1. The zero-order chi connectivity index (χ0) is 19.0. The molecule has 0 aliphatic carbocycles. The average molecular weight is 493 g/mol. The maximum absolute atomic E-state index is 10.5. The molecule has 2 unspecified atom stereocenters. The van der Waals surface area contributed by atoms with Crippen molar-refractivity contribution in [3.05, 3.63) is 23.8 Å². The van der Waals surface area contributed by atoms with Crippen molar-refractivity contribution in [3.63, 3.8) is 0 Å². The van der Waals surface area contributed by atoms with E-state index in [1.165, 1.54) is 0 Å². The van der Waals surface area contributed by atoms with Gasteiger partial charge in [-0.15, -0.1) is 24.0 Å². The van der Waals surface area contributed by atoms with E-state index in [1.54, 1.807) is 32.4 Å². The van der Waals surface area contributed by atoms with Crippen LogP contribution in [0.3, 0.4) is 0 Å². The second-order valence-electron chi connectivity index (χ2n) is 6.64. The normalized spacial score (nSPS) is 20.6. The van der Waals surface area contributed by atoms with Crippen LogP contribution in [-0.2, 0) is 4.74 Å². The van der Waals surface area contributed by atoms with Crippen LogP contribution in [0.4, 0.5) is 0 Å². The summed E-state index contributed by atoms with van der Waals surface area (Å²) in [6, 6.07) is 5.37. The van der Waals surface area contributed by atoms with Crippen LogP contribution in [0, 0.1) is 0 Å². The quantitative estimate of drug-likeness (QED) is 0.293. The largest absolute Gasteiger partial charge is 0.497 e. The van der Waals surface area contributed by atoms with Gasteiger partial charge in [0.15, 0.2) is 5.96 Å². The lowest BCUT2D eigenvalue weighted by Gasteiger charge is -2.22. The Morgan fingerprint density at radius 1 is 1.26 bits per heavy atom. The average Bonchev–Trinajstić information content (AvgIpc) is 3.10. The van der Waals surface area contributed by atoms with Crippen molar-refractivity contribution >= 4 is 29.9 Å². The molecule has 1 aliphatic rings. The van der Waals surface area contributed by atoms with Crippen LogP contribution in [0.15, 0.2) is 23.2 Å². The summed E-state index contributed by atoms with van der Waals surface area (Å²) in [7, 11) is 3.18. The van der Waals surface area contributed by atoms with Gasteiger partial charge in [0.2, 0.25) is 0 Å². The molecular formula is C19H32IN3O4. The van der Waals surface area contributed by atoms with E-state index in [2.05, 4.69) is 22.5 Å². The fourth-order valence-electron chi connectivity index (χ4n) is 2.88. The molecule has 3 N–H and O–H groups in total. The minimum atomic E-state index is -0.721. The molecule has 0 amide bonds. The number of benzene rings is 1. The van der Waals surface area contributed by atoms with E-state index < -0.39 is 6.10 Å². The summed E-state index contributed by atoms with van der Waals surface area (Å²) in [5.41, 5.74) is 0.525. The summed E-state index contributed by atoms with van der Waals surface area (Å²) >= 11 is 0. The lowest BCUT2D eigenvalue weighted by molar-refractivity contribution is 0.0283. The van der Waals surface area contributed by atoms with Crippen molar-refractivity contribution < 1.29 is 19.3 Å². The molecule has 1 aromatic carbocycles. The Kier molecular flexibility index (Phi) is 10.2. The number of aliphatic hydroxyl groups excluding tert-OH is 1. The maximum atomic E-state index is 10.5. The second kappa shape index (κ2) is 11.6. The summed E-state index contributed by atoms with van der Waals surface area (Å²) in [6.45, 7) is 6.54. The highest BCUT2D eigenvalue weighted by atomic mass is 127. The fourth-order valence-corrected chi connectivity index (χ4v) is 2.88. The van der Waals surface area contributed by atoms with Gasteiger partial charge in [0.1, 0.15) is 11.5 Å². The number of ether oxygens (including phenoxy) is 3. The topological polar surface area (TPSA) is 84.3 Å². The number of hydrogen-bond donors (Lipinski definition) is 3. The van der Waals surface area contributed by atoms with Crippen LogP contribution in [0.1, 0.15) is 38.4 Å².